The van der Waals surface area contributed by atoms with Gasteiger partial charge in [-0.15, -0.1) is 0 Å². The fourth-order valence-electron chi connectivity index (χ4n) is 3.44. The highest BCUT2D eigenvalue weighted by molar-refractivity contribution is 5.96. The summed E-state index contributed by atoms with van der Waals surface area (Å²) in [4.78, 5) is 14.7. The minimum absolute atomic E-state index is 0.00318. The zero-order valence-corrected chi connectivity index (χ0v) is 13.8. The van der Waals surface area contributed by atoms with E-state index in [-0.39, 0.29) is 5.91 Å². The smallest absolute Gasteiger partial charge is 0.255 e. The van der Waals surface area contributed by atoms with Crippen molar-refractivity contribution >= 4 is 5.91 Å². The third-order valence-corrected chi connectivity index (χ3v) is 4.77. The molecule has 3 heteroatoms. The number of carbonyl (C=O) groups excluding carboxylic acids is 1. The molecule has 1 atom stereocenters. The SMILES string of the molecule is N#Cc1ccccc1C(=O)N1CCC[C@@H](CCc2ccccc2)C1. The van der Waals surface area contributed by atoms with Crippen LogP contribution < -0.4 is 0 Å². The molecule has 0 spiro atoms. The van der Waals surface area contributed by atoms with E-state index in [1.54, 1.807) is 18.2 Å². The van der Waals surface area contributed by atoms with Crippen LogP contribution in [0.3, 0.4) is 0 Å². The molecule has 1 saturated heterocycles. The van der Waals surface area contributed by atoms with Gasteiger partial charge in [-0.2, -0.15) is 5.26 Å². The second-order valence-corrected chi connectivity index (χ2v) is 6.44. The van der Waals surface area contributed by atoms with Gasteiger partial charge in [0.15, 0.2) is 0 Å². The van der Waals surface area contributed by atoms with Crippen LogP contribution in [-0.4, -0.2) is 23.9 Å². The van der Waals surface area contributed by atoms with Gasteiger partial charge in [0.1, 0.15) is 0 Å². The highest BCUT2D eigenvalue weighted by Gasteiger charge is 2.25. The third kappa shape index (κ3) is 3.83. The standard InChI is InChI=1S/C21H22N2O/c22-15-19-10-4-5-11-20(19)21(24)23-14-6-9-18(16-23)13-12-17-7-2-1-3-8-17/h1-5,7-8,10-11,18H,6,9,12-14,16H2/t18-/m0/s1. The van der Waals surface area contributed by atoms with Crippen LogP contribution in [0.1, 0.15) is 40.7 Å². The zero-order valence-electron chi connectivity index (χ0n) is 13.8. The zero-order chi connectivity index (χ0) is 16.8. The average Bonchev–Trinajstić information content (AvgIpc) is 2.67. The van der Waals surface area contributed by atoms with E-state index in [9.17, 15) is 10.1 Å². The molecule has 1 aliphatic rings. The first kappa shape index (κ1) is 16.3. The number of hydrogen-bond donors (Lipinski definition) is 0. The molecule has 0 N–H and O–H groups in total. The first-order chi connectivity index (χ1) is 11.8. The molecule has 1 amide bonds. The van der Waals surface area contributed by atoms with Gasteiger partial charge >= 0.3 is 0 Å². The van der Waals surface area contributed by atoms with Gasteiger partial charge in [0.2, 0.25) is 0 Å². The van der Waals surface area contributed by atoms with E-state index < -0.39 is 0 Å². The van der Waals surface area contributed by atoms with Crippen LogP contribution in [0.4, 0.5) is 0 Å². The molecular weight excluding hydrogens is 296 g/mol. The number of carbonyl (C=O) groups is 1. The Balaban J connectivity index is 1.63. The molecule has 0 radical (unpaired) electrons. The van der Waals surface area contributed by atoms with Crippen molar-refractivity contribution in [3.8, 4) is 6.07 Å². The van der Waals surface area contributed by atoms with E-state index in [1.807, 2.05) is 17.0 Å². The number of nitriles is 1. The van der Waals surface area contributed by atoms with Crippen LogP contribution in [0.2, 0.25) is 0 Å². The maximum atomic E-state index is 12.8. The summed E-state index contributed by atoms with van der Waals surface area (Å²) in [5, 5.41) is 9.21. The summed E-state index contributed by atoms with van der Waals surface area (Å²) >= 11 is 0. The van der Waals surface area contributed by atoms with Crippen LogP contribution in [0.15, 0.2) is 54.6 Å². The van der Waals surface area contributed by atoms with Crippen molar-refractivity contribution in [1.82, 2.24) is 4.90 Å². The van der Waals surface area contributed by atoms with Gasteiger partial charge in [-0.25, -0.2) is 0 Å². The molecule has 0 unspecified atom stereocenters. The predicted octanol–water partition coefficient (Wildman–Crippen LogP) is 4.04. The molecule has 0 aromatic heterocycles. The molecule has 3 nitrogen and oxygen atoms in total. The number of likely N-dealkylation sites (tertiary alicyclic amines) is 1. The maximum Gasteiger partial charge on any atom is 0.255 e. The number of aryl methyl sites for hydroxylation is 1. The number of amides is 1. The van der Waals surface area contributed by atoms with Crippen molar-refractivity contribution in [2.45, 2.75) is 25.7 Å². The molecular formula is C21H22N2O. The Morgan fingerprint density at radius 2 is 1.88 bits per heavy atom. The minimum Gasteiger partial charge on any atom is -0.338 e. The van der Waals surface area contributed by atoms with E-state index in [0.29, 0.717) is 17.0 Å². The molecule has 2 aromatic rings. The second kappa shape index (κ2) is 7.79. The van der Waals surface area contributed by atoms with Gasteiger partial charge in [-0.05, 0) is 49.3 Å². The van der Waals surface area contributed by atoms with Crippen LogP contribution in [0.25, 0.3) is 0 Å². The topological polar surface area (TPSA) is 44.1 Å². The quantitative estimate of drug-likeness (QED) is 0.854. The second-order valence-electron chi connectivity index (χ2n) is 6.44. The van der Waals surface area contributed by atoms with Crippen LogP contribution in [-0.2, 0) is 6.42 Å². The summed E-state index contributed by atoms with van der Waals surface area (Å²) in [5.41, 5.74) is 2.35. The molecule has 1 aliphatic heterocycles. The number of piperidine rings is 1. The fourth-order valence-corrected chi connectivity index (χ4v) is 3.44. The number of rotatable bonds is 4. The molecule has 0 saturated carbocycles. The Morgan fingerprint density at radius 3 is 2.67 bits per heavy atom. The van der Waals surface area contributed by atoms with E-state index >= 15 is 0 Å². The highest BCUT2D eigenvalue weighted by Crippen LogP contribution is 2.23. The Kier molecular flexibility index (Phi) is 5.28. The maximum absolute atomic E-state index is 12.8. The number of hydrogen-bond acceptors (Lipinski definition) is 2. The fraction of sp³-hybridized carbons (Fsp3) is 0.333. The highest BCUT2D eigenvalue weighted by atomic mass is 16.2. The molecule has 24 heavy (non-hydrogen) atoms. The molecule has 2 aromatic carbocycles. The van der Waals surface area contributed by atoms with Gasteiger partial charge in [-0.3, -0.25) is 4.79 Å². The Labute approximate surface area is 143 Å². The molecule has 1 heterocycles. The lowest BCUT2D eigenvalue weighted by Crippen LogP contribution is -2.40. The van der Waals surface area contributed by atoms with Crippen molar-refractivity contribution in [2.24, 2.45) is 5.92 Å². The molecule has 122 valence electrons. The van der Waals surface area contributed by atoms with Crippen molar-refractivity contribution in [3.63, 3.8) is 0 Å². The first-order valence-electron chi connectivity index (χ1n) is 8.60. The van der Waals surface area contributed by atoms with Gasteiger partial charge in [0.05, 0.1) is 17.2 Å². The van der Waals surface area contributed by atoms with E-state index in [2.05, 4.69) is 30.3 Å². The summed E-state index contributed by atoms with van der Waals surface area (Å²) in [6, 6.07) is 19.7. The summed E-state index contributed by atoms with van der Waals surface area (Å²) < 4.78 is 0. The summed E-state index contributed by atoms with van der Waals surface area (Å²) in [5.74, 6) is 0.536. The van der Waals surface area contributed by atoms with E-state index in [4.69, 9.17) is 0 Å². The van der Waals surface area contributed by atoms with Crippen LogP contribution in [0, 0.1) is 17.2 Å². The Morgan fingerprint density at radius 1 is 1.12 bits per heavy atom. The van der Waals surface area contributed by atoms with Crippen molar-refractivity contribution in [3.05, 3.63) is 71.3 Å². The van der Waals surface area contributed by atoms with Crippen LogP contribution in [0.5, 0.6) is 0 Å². The lowest BCUT2D eigenvalue weighted by atomic mass is 9.91. The monoisotopic (exact) mass is 318 g/mol. The predicted molar refractivity (Wildman–Crippen MR) is 94.5 cm³/mol. The van der Waals surface area contributed by atoms with Gasteiger partial charge in [0.25, 0.3) is 5.91 Å². The Hall–Kier alpha value is -2.60. The third-order valence-electron chi connectivity index (χ3n) is 4.77. The van der Waals surface area contributed by atoms with Crippen molar-refractivity contribution < 1.29 is 4.79 Å². The van der Waals surface area contributed by atoms with Crippen molar-refractivity contribution in [2.75, 3.05) is 13.1 Å². The van der Waals surface area contributed by atoms with Crippen molar-refractivity contribution in [1.29, 1.82) is 5.26 Å². The first-order valence-corrected chi connectivity index (χ1v) is 8.60. The number of nitrogens with zero attached hydrogens (tertiary/aromatic N) is 2. The normalized spacial score (nSPS) is 17.3. The lowest BCUT2D eigenvalue weighted by Gasteiger charge is -2.33. The minimum atomic E-state index is -0.00318. The summed E-state index contributed by atoms with van der Waals surface area (Å²) in [6.45, 7) is 1.59. The van der Waals surface area contributed by atoms with E-state index in [0.717, 1.165) is 32.4 Å². The van der Waals surface area contributed by atoms with Crippen LogP contribution >= 0.6 is 0 Å². The van der Waals surface area contributed by atoms with Gasteiger partial charge in [0, 0.05) is 13.1 Å². The molecule has 0 bridgehead atoms. The molecule has 1 fully saturated rings. The van der Waals surface area contributed by atoms with Gasteiger partial charge in [-0.1, -0.05) is 42.5 Å². The summed E-state index contributed by atoms with van der Waals surface area (Å²) in [6.07, 6.45) is 4.38. The lowest BCUT2D eigenvalue weighted by molar-refractivity contribution is 0.0668. The Bertz CT molecular complexity index is 733. The molecule has 0 aliphatic carbocycles. The number of benzene rings is 2. The summed E-state index contributed by atoms with van der Waals surface area (Å²) in [7, 11) is 0. The largest absolute Gasteiger partial charge is 0.338 e. The molecule has 3 rings (SSSR count). The van der Waals surface area contributed by atoms with Gasteiger partial charge < -0.3 is 4.90 Å². The van der Waals surface area contributed by atoms with E-state index in [1.165, 1.54) is 12.0 Å². The average molecular weight is 318 g/mol.